The molecule has 0 bridgehead atoms. The third-order valence-electron chi connectivity index (χ3n) is 4.98. The van der Waals surface area contributed by atoms with Gasteiger partial charge < -0.3 is 15.4 Å². The summed E-state index contributed by atoms with van der Waals surface area (Å²) in [6.45, 7) is 6.50. The van der Waals surface area contributed by atoms with Crippen LogP contribution < -0.4 is 20.1 Å². The summed E-state index contributed by atoms with van der Waals surface area (Å²) >= 11 is 1.26. The van der Waals surface area contributed by atoms with E-state index in [9.17, 15) is 18.0 Å². The van der Waals surface area contributed by atoms with E-state index in [1.165, 1.54) is 32.0 Å². The number of carbonyl (C=O) groups excluding carboxylic acids is 2. The Morgan fingerprint density at radius 3 is 2.36 bits per heavy atom. The summed E-state index contributed by atoms with van der Waals surface area (Å²) in [5.74, 6) is 0.214. The molecule has 3 amide bonds. The molecule has 0 unspecified atom stereocenters. The average Bonchev–Trinajstić information content (AvgIpc) is 2.77. The molecule has 0 aromatic heterocycles. The Morgan fingerprint density at radius 2 is 1.79 bits per heavy atom. The molecule has 2 aromatic carbocycles. The van der Waals surface area contributed by atoms with Crippen molar-refractivity contribution in [1.82, 2.24) is 15.4 Å². The van der Waals surface area contributed by atoms with Gasteiger partial charge in [0.05, 0.1) is 12.7 Å². The molecular formula is C23H31N3O5S2. The fourth-order valence-corrected chi connectivity index (χ4v) is 5.22. The van der Waals surface area contributed by atoms with Gasteiger partial charge in [0.1, 0.15) is 10.6 Å². The quantitative estimate of drug-likeness (QED) is 0.486. The highest BCUT2D eigenvalue weighted by Crippen LogP contribution is 2.28. The van der Waals surface area contributed by atoms with E-state index in [1.807, 2.05) is 16.9 Å². The van der Waals surface area contributed by atoms with Gasteiger partial charge in [-0.2, -0.15) is 0 Å². The molecule has 0 aliphatic carbocycles. The van der Waals surface area contributed by atoms with E-state index in [4.69, 9.17) is 4.74 Å². The molecular weight excluding hydrogens is 462 g/mol. The molecule has 0 aliphatic rings. The molecule has 0 aliphatic heterocycles. The SMILES string of the molecule is CNC(=O)NS(=O)(=O)c1cc(CCNC(=O)c2cc(C(C)(C)C)ccc2OC)ccc1SC. The molecule has 2 rings (SSSR count). The highest BCUT2D eigenvalue weighted by Gasteiger charge is 2.22. The van der Waals surface area contributed by atoms with Crippen LogP contribution in [0.4, 0.5) is 4.79 Å². The molecule has 10 heteroatoms. The van der Waals surface area contributed by atoms with Gasteiger partial charge in [-0.05, 0) is 53.5 Å². The van der Waals surface area contributed by atoms with Crippen molar-refractivity contribution in [2.45, 2.75) is 42.4 Å². The predicted octanol–water partition coefficient (Wildman–Crippen LogP) is 3.30. The first-order valence-electron chi connectivity index (χ1n) is 10.3. The standard InChI is InChI=1S/C23H31N3O5S2/c1-23(2,3)16-8-9-18(31-5)17(14-16)21(27)25-12-11-15-7-10-19(32-6)20(13-15)33(29,30)26-22(28)24-4/h7-10,13-14H,11-12H2,1-6H3,(H,25,27)(H2,24,26,28). The average molecular weight is 494 g/mol. The van der Waals surface area contributed by atoms with Crippen molar-refractivity contribution in [2.75, 3.05) is 27.0 Å². The van der Waals surface area contributed by atoms with Crippen LogP contribution in [0.1, 0.15) is 42.3 Å². The largest absolute Gasteiger partial charge is 0.496 e. The van der Waals surface area contributed by atoms with Crippen LogP contribution in [-0.4, -0.2) is 47.3 Å². The van der Waals surface area contributed by atoms with Crippen molar-refractivity contribution in [1.29, 1.82) is 0 Å². The summed E-state index contributed by atoms with van der Waals surface area (Å²) in [5, 5.41) is 5.11. The molecule has 0 fully saturated rings. The minimum Gasteiger partial charge on any atom is -0.496 e. The molecule has 0 saturated heterocycles. The number of ether oxygens (including phenoxy) is 1. The lowest BCUT2D eigenvalue weighted by molar-refractivity contribution is 0.0951. The third-order valence-corrected chi connectivity index (χ3v) is 7.28. The maximum Gasteiger partial charge on any atom is 0.328 e. The highest BCUT2D eigenvalue weighted by molar-refractivity contribution is 7.99. The van der Waals surface area contributed by atoms with Gasteiger partial charge in [0.15, 0.2) is 0 Å². The van der Waals surface area contributed by atoms with E-state index in [0.717, 1.165) is 5.56 Å². The van der Waals surface area contributed by atoms with E-state index in [2.05, 4.69) is 31.4 Å². The number of thioether (sulfide) groups is 1. The monoisotopic (exact) mass is 493 g/mol. The Kier molecular flexibility index (Phi) is 8.79. The van der Waals surface area contributed by atoms with Crippen LogP contribution in [0.15, 0.2) is 46.2 Å². The van der Waals surface area contributed by atoms with Crippen LogP contribution in [0.25, 0.3) is 0 Å². The number of sulfonamides is 1. The first-order valence-corrected chi connectivity index (χ1v) is 13.0. The number of amides is 3. The fraction of sp³-hybridized carbons (Fsp3) is 0.391. The van der Waals surface area contributed by atoms with Gasteiger partial charge in [0, 0.05) is 18.5 Å². The smallest absolute Gasteiger partial charge is 0.328 e. The van der Waals surface area contributed by atoms with E-state index in [-0.39, 0.29) is 16.2 Å². The van der Waals surface area contributed by atoms with Crippen molar-refractivity contribution in [3.05, 3.63) is 53.1 Å². The van der Waals surface area contributed by atoms with Gasteiger partial charge in [0.2, 0.25) is 0 Å². The summed E-state index contributed by atoms with van der Waals surface area (Å²) in [6.07, 6.45) is 2.16. The number of nitrogens with one attached hydrogen (secondary N) is 3. The Morgan fingerprint density at radius 1 is 1.09 bits per heavy atom. The molecule has 8 nitrogen and oxygen atoms in total. The zero-order valence-electron chi connectivity index (χ0n) is 19.7. The Balaban J connectivity index is 2.18. The second kappa shape index (κ2) is 10.9. The van der Waals surface area contributed by atoms with Crippen LogP contribution in [0.2, 0.25) is 0 Å². The second-order valence-electron chi connectivity index (χ2n) is 8.34. The molecule has 3 N–H and O–H groups in total. The van der Waals surface area contributed by atoms with Crippen molar-refractivity contribution < 1.29 is 22.7 Å². The van der Waals surface area contributed by atoms with Crippen LogP contribution in [0, 0.1) is 0 Å². The number of urea groups is 1. The fourth-order valence-electron chi connectivity index (χ4n) is 3.08. The van der Waals surface area contributed by atoms with E-state index >= 15 is 0 Å². The normalized spacial score (nSPS) is 11.6. The van der Waals surface area contributed by atoms with Gasteiger partial charge in [-0.25, -0.2) is 17.9 Å². The first-order chi connectivity index (χ1) is 15.4. The Bertz CT molecular complexity index is 1130. The molecule has 0 saturated carbocycles. The van der Waals surface area contributed by atoms with Gasteiger partial charge >= 0.3 is 6.03 Å². The zero-order valence-corrected chi connectivity index (χ0v) is 21.4. The molecule has 0 spiro atoms. The van der Waals surface area contributed by atoms with Crippen molar-refractivity contribution in [3.8, 4) is 5.75 Å². The van der Waals surface area contributed by atoms with Crippen LogP contribution in [0.3, 0.4) is 0 Å². The molecule has 2 aromatic rings. The lowest BCUT2D eigenvalue weighted by atomic mass is 9.86. The summed E-state index contributed by atoms with van der Waals surface area (Å²) < 4.78 is 32.6. The third kappa shape index (κ3) is 6.88. The van der Waals surface area contributed by atoms with Gasteiger partial charge in [-0.1, -0.05) is 32.9 Å². The first kappa shape index (κ1) is 26.5. The number of methoxy groups -OCH3 is 1. The summed E-state index contributed by atoms with van der Waals surface area (Å²) in [7, 11) is -1.18. The molecule has 0 radical (unpaired) electrons. The number of hydrogen-bond acceptors (Lipinski definition) is 6. The Hall–Kier alpha value is -2.72. The lowest BCUT2D eigenvalue weighted by Gasteiger charge is -2.21. The van der Waals surface area contributed by atoms with Crippen LogP contribution in [-0.2, 0) is 21.9 Å². The van der Waals surface area contributed by atoms with Gasteiger partial charge in [0.25, 0.3) is 15.9 Å². The molecule has 33 heavy (non-hydrogen) atoms. The van der Waals surface area contributed by atoms with E-state index in [1.54, 1.807) is 24.5 Å². The topological polar surface area (TPSA) is 114 Å². The maximum atomic E-state index is 12.8. The number of carbonyl (C=O) groups is 2. The molecule has 180 valence electrons. The predicted molar refractivity (Wildman–Crippen MR) is 131 cm³/mol. The van der Waals surface area contributed by atoms with Crippen LogP contribution in [0.5, 0.6) is 5.75 Å². The second-order valence-corrected chi connectivity index (χ2v) is 10.8. The summed E-state index contributed by atoms with van der Waals surface area (Å²) in [5.41, 5.74) is 2.05. The summed E-state index contributed by atoms with van der Waals surface area (Å²) in [4.78, 5) is 24.9. The minimum absolute atomic E-state index is 0.0157. The maximum absolute atomic E-state index is 12.8. The van der Waals surface area contributed by atoms with Crippen molar-refractivity contribution in [3.63, 3.8) is 0 Å². The van der Waals surface area contributed by atoms with Crippen molar-refractivity contribution >= 4 is 33.7 Å². The number of benzene rings is 2. The lowest BCUT2D eigenvalue weighted by Crippen LogP contribution is -2.37. The van der Waals surface area contributed by atoms with E-state index in [0.29, 0.717) is 34.7 Å². The van der Waals surface area contributed by atoms with Crippen LogP contribution >= 0.6 is 11.8 Å². The van der Waals surface area contributed by atoms with Gasteiger partial charge in [-0.3, -0.25) is 4.79 Å². The molecule has 0 atom stereocenters. The Labute approximate surface area is 199 Å². The van der Waals surface area contributed by atoms with Gasteiger partial charge in [-0.15, -0.1) is 11.8 Å². The molecule has 0 heterocycles. The minimum atomic E-state index is -4.04. The highest BCUT2D eigenvalue weighted by atomic mass is 32.2. The van der Waals surface area contributed by atoms with E-state index < -0.39 is 16.1 Å². The van der Waals surface area contributed by atoms with Crippen molar-refractivity contribution in [2.24, 2.45) is 0 Å². The zero-order chi connectivity index (χ0) is 24.8. The summed E-state index contributed by atoms with van der Waals surface area (Å²) in [6, 6.07) is 9.76. The number of hydrogen-bond donors (Lipinski definition) is 3. The number of rotatable bonds is 8.